The maximum Gasteiger partial charge on any atom is 0.240 e. The number of aromatic amines is 1. The largest absolute Gasteiger partial charge is 0.368 e. The first kappa shape index (κ1) is 20.5. The number of hydrogen-bond acceptors (Lipinski definition) is 4. The number of primary amides is 1. The van der Waals surface area contributed by atoms with Crippen LogP contribution >= 0.6 is 0 Å². The van der Waals surface area contributed by atoms with Crippen LogP contribution in [0.1, 0.15) is 6.99 Å². The minimum absolute atomic E-state index is 0. The van der Waals surface area contributed by atoms with Crippen LogP contribution < -0.4 is 11.1 Å². The Kier molecular flexibility index (Phi) is 5.55. The standard InChI is InChI=1S/C27H23N5O.H2/c28-24(33)23(16-18-10-4-1-5-11-18)30-27-21-17-22(19-12-6-2-7-13-19)29-26(21)31-25(32-27)20-14-8-3-9-15-20;/h1-15,17,23H,16H2,(H2,28,33)(H2,29,30,31,32);1H. The van der Waals surface area contributed by atoms with Gasteiger partial charge in [-0.25, -0.2) is 9.97 Å². The summed E-state index contributed by atoms with van der Waals surface area (Å²) in [5.74, 6) is 0.692. The number of carbonyl (C=O) groups excluding carboxylic acids is 1. The van der Waals surface area contributed by atoms with E-state index in [1.54, 1.807) is 0 Å². The Labute approximate surface area is 193 Å². The number of hydrogen-bond donors (Lipinski definition) is 3. The highest BCUT2D eigenvalue weighted by Gasteiger charge is 2.20. The summed E-state index contributed by atoms with van der Waals surface area (Å²) < 4.78 is 0. The van der Waals surface area contributed by atoms with Crippen molar-refractivity contribution in [2.45, 2.75) is 12.5 Å². The average Bonchev–Trinajstić information content (AvgIpc) is 3.30. The second-order valence-corrected chi connectivity index (χ2v) is 7.86. The van der Waals surface area contributed by atoms with Gasteiger partial charge in [-0.15, -0.1) is 0 Å². The van der Waals surface area contributed by atoms with E-state index in [2.05, 4.69) is 10.3 Å². The van der Waals surface area contributed by atoms with Gasteiger partial charge in [-0.05, 0) is 17.2 Å². The van der Waals surface area contributed by atoms with E-state index in [4.69, 9.17) is 15.7 Å². The summed E-state index contributed by atoms with van der Waals surface area (Å²) >= 11 is 0. The summed E-state index contributed by atoms with van der Waals surface area (Å²) in [5.41, 5.74) is 10.3. The summed E-state index contributed by atoms with van der Waals surface area (Å²) in [7, 11) is 0. The molecule has 0 saturated heterocycles. The van der Waals surface area contributed by atoms with Gasteiger partial charge in [0.15, 0.2) is 5.82 Å². The van der Waals surface area contributed by atoms with Gasteiger partial charge in [0.2, 0.25) is 5.91 Å². The van der Waals surface area contributed by atoms with Crippen molar-refractivity contribution in [3.05, 3.63) is 103 Å². The van der Waals surface area contributed by atoms with Gasteiger partial charge >= 0.3 is 0 Å². The molecule has 0 aliphatic heterocycles. The van der Waals surface area contributed by atoms with Crippen LogP contribution in [0, 0.1) is 0 Å². The molecule has 2 aromatic heterocycles. The van der Waals surface area contributed by atoms with Crippen molar-refractivity contribution in [3.8, 4) is 22.6 Å². The molecule has 0 aliphatic rings. The number of benzene rings is 3. The van der Waals surface area contributed by atoms with Gasteiger partial charge in [0.25, 0.3) is 0 Å². The van der Waals surface area contributed by atoms with Crippen LogP contribution in [0.2, 0.25) is 0 Å². The molecule has 1 atom stereocenters. The molecule has 6 nitrogen and oxygen atoms in total. The lowest BCUT2D eigenvalue weighted by Crippen LogP contribution is -2.37. The molecule has 6 heteroatoms. The van der Waals surface area contributed by atoms with Crippen LogP contribution in [0.3, 0.4) is 0 Å². The number of amides is 1. The van der Waals surface area contributed by atoms with Crippen molar-refractivity contribution in [1.82, 2.24) is 15.0 Å². The Bertz CT molecular complexity index is 1390. The molecule has 0 saturated carbocycles. The number of rotatable bonds is 7. The fourth-order valence-electron chi connectivity index (χ4n) is 3.85. The highest BCUT2D eigenvalue weighted by molar-refractivity contribution is 5.95. The molecule has 0 fully saturated rings. The van der Waals surface area contributed by atoms with Crippen LogP contribution in [-0.4, -0.2) is 26.9 Å². The van der Waals surface area contributed by atoms with Gasteiger partial charge in [0.1, 0.15) is 17.5 Å². The van der Waals surface area contributed by atoms with Crippen molar-refractivity contribution < 1.29 is 6.22 Å². The third kappa shape index (κ3) is 4.45. The molecule has 5 aromatic rings. The predicted octanol–water partition coefficient (Wildman–Crippen LogP) is 5.05. The molecule has 0 aliphatic carbocycles. The number of fused-ring (bicyclic) bond motifs is 1. The lowest BCUT2D eigenvalue weighted by atomic mass is 10.1. The van der Waals surface area contributed by atoms with Crippen molar-refractivity contribution in [2.24, 2.45) is 5.73 Å². The Hall–Kier alpha value is -4.45. The van der Waals surface area contributed by atoms with Gasteiger partial charge in [-0.2, -0.15) is 0 Å². The molecule has 1 amide bonds. The Morgan fingerprint density at radius 1 is 0.879 bits per heavy atom. The quantitative estimate of drug-likeness (QED) is 0.333. The number of anilines is 1. The normalized spacial score (nSPS) is 11.9. The van der Waals surface area contributed by atoms with E-state index in [9.17, 15) is 4.79 Å². The first-order valence-electron chi connectivity index (χ1n) is 10.8. The summed E-state index contributed by atoms with van der Waals surface area (Å²) in [4.78, 5) is 25.3. The molecule has 0 spiro atoms. The third-order valence-electron chi connectivity index (χ3n) is 5.54. The number of aromatic nitrogens is 3. The molecule has 0 radical (unpaired) electrons. The van der Waals surface area contributed by atoms with Crippen LogP contribution in [0.25, 0.3) is 33.7 Å². The highest BCUT2D eigenvalue weighted by atomic mass is 16.1. The zero-order chi connectivity index (χ0) is 22.6. The fraction of sp³-hybridized carbons (Fsp3) is 0.0741. The van der Waals surface area contributed by atoms with Gasteiger partial charge in [-0.3, -0.25) is 4.79 Å². The molecular weight excluding hydrogens is 410 g/mol. The van der Waals surface area contributed by atoms with Gasteiger partial charge in [0, 0.05) is 19.1 Å². The van der Waals surface area contributed by atoms with E-state index in [-0.39, 0.29) is 1.43 Å². The molecule has 3 aromatic carbocycles. The topological polar surface area (TPSA) is 96.7 Å². The maximum absolute atomic E-state index is 12.3. The van der Waals surface area contributed by atoms with Gasteiger partial charge in [-0.1, -0.05) is 91.0 Å². The fourth-order valence-corrected chi connectivity index (χ4v) is 3.85. The lowest BCUT2D eigenvalue weighted by Gasteiger charge is -2.17. The van der Waals surface area contributed by atoms with Crippen molar-refractivity contribution in [2.75, 3.05) is 5.32 Å². The van der Waals surface area contributed by atoms with E-state index in [0.717, 1.165) is 27.8 Å². The highest BCUT2D eigenvalue weighted by Crippen LogP contribution is 2.30. The van der Waals surface area contributed by atoms with Crippen molar-refractivity contribution >= 4 is 22.8 Å². The van der Waals surface area contributed by atoms with E-state index in [1.807, 2.05) is 97.1 Å². The zero-order valence-electron chi connectivity index (χ0n) is 17.9. The van der Waals surface area contributed by atoms with E-state index in [1.165, 1.54) is 0 Å². The van der Waals surface area contributed by atoms with E-state index in [0.29, 0.717) is 23.7 Å². The molecule has 164 valence electrons. The summed E-state index contributed by atoms with van der Waals surface area (Å²) in [6, 6.07) is 31.0. The molecule has 2 heterocycles. The second-order valence-electron chi connectivity index (χ2n) is 7.86. The van der Waals surface area contributed by atoms with Crippen molar-refractivity contribution in [1.29, 1.82) is 0 Å². The van der Waals surface area contributed by atoms with Crippen LogP contribution in [-0.2, 0) is 11.2 Å². The van der Waals surface area contributed by atoms with Crippen LogP contribution in [0.4, 0.5) is 5.82 Å². The molecule has 4 N–H and O–H groups in total. The van der Waals surface area contributed by atoms with Crippen LogP contribution in [0.15, 0.2) is 97.1 Å². The number of nitrogens with two attached hydrogens (primary N) is 1. The minimum atomic E-state index is -0.621. The van der Waals surface area contributed by atoms with Crippen LogP contribution in [0.5, 0.6) is 0 Å². The average molecular weight is 436 g/mol. The smallest absolute Gasteiger partial charge is 0.240 e. The molecule has 5 rings (SSSR count). The number of H-pyrrole nitrogens is 1. The number of carbonyl (C=O) groups is 1. The summed E-state index contributed by atoms with van der Waals surface area (Å²) in [6.45, 7) is 0. The molecular formula is C27H25N5O. The number of nitrogens with zero attached hydrogens (tertiary/aromatic N) is 2. The lowest BCUT2D eigenvalue weighted by molar-refractivity contribution is -0.118. The first-order valence-corrected chi connectivity index (χ1v) is 10.8. The van der Waals surface area contributed by atoms with Gasteiger partial charge < -0.3 is 16.0 Å². The second kappa shape index (κ2) is 8.96. The monoisotopic (exact) mass is 435 g/mol. The molecule has 33 heavy (non-hydrogen) atoms. The first-order chi connectivity index (χ1) is 16.2. The van der Waals surface area contributed by atoms with Crippen molar-refractivity contribution in [3.63, 3.8) is 0 Å². The SMILES string of the molecule is NC(=O)C(Cc1ccccc1)Nc1nc(-c2ccccc2)nc2[nH]c(-c3ccccc3)cc12.[HH]. The Balaban J connectivity index is 0.00000274. The van der Waals surface area contributed by atoms with Gasteiger partial charge in [0.05, 0.1) is 5.39 Å². The van der Waals surface area contributed by atoms with E-state index >= 15 is 0 Å². The Morgan fingerprint density at radius 2 is 1.48 bits per heavy atom. The summed E-state index contributed by atoms with van der Waals surface area (Å²) in [6.07, 6.45) is 0.457. The summed E-state index contributed by atoms with van der Waals surface area (Å²) in [5, 5.41) is 4.10. The Morgan fingerprint density at radius 3 is 2.12 bits per heavy atom. The molecule has 1 unspecified atom stereocenters. The number of nitrogens with one attached hydrogen (secondary N) is 2. The maximum atomic E-state index is 12.3. The minimum Gasteiger partial charge on any atom is -0.368 e. The predicted molar refractivity (Wildman–Crippen MR) is 134 cm³/mol. The van der Waals surface area contributed by atoms with E-state index < -0.39 is 11.9 Å². The zero-order valence-corrected chi connectivity index (χ0v) is 17.9. The molecule has 0 bridgehead atoms. The third-order valence-corrected chi connectivity index (χ3v) is 5.54.